The number of benzene rings is 1. The van der Waals surface area contributed by atoms with Crippen LogP contribution in [0.4, 0.5) is 5.69 Å². The van der Waals surface area contributed by atoms with E-state index in [0.717, 1.165) is 15.5 Å². The van der Waals surface area contributed by atoms with Gasteiger partial charge < -0.3 is 5.32 Å². The zero-order valence-electron chi connectivity index (χ0n) is 12.9. The summed E-state index contributed by atoms with van der Waals surface area (Å²) in [6, 6.07) is 7.48. The molecule has 0 aliphatic rings. The predicted molar refractivity (Wildman–Crippen MR) is 95.0 cm³/mol. The summed E-state index contributed by atoms with van der Waals surface area (Å²) in [5, 5.41) is 2.76. The van der Waals surface area contributed by atoms with E-state index in [1.165, 1.54) is 21.9 Å². The molecule has 3 rings (SSSR count). The van der Waals surface area contributed by atoms with Crippen LogP contribution >= 0.6 is 23.1 Å². The third-order valence-electron chi connectivity index (χ3n) is 3.59. The lowest BCUT2D eigenvalue weighted by Gasteiger charge is -2.06. The molecule has 0 spiro atoms. The molecule has 7 heteroatoms. The molecule has 0 atom stereocenters. The molecule has 0 saturated heterocycles. The normalized spacial score (nSPS) is 10.9. The van der Waals surface area contributed by atoms with Gasteiger partial charge in [-0.2, -0.15) is 0 Å². The van der Waals surface area contributed by atoms with Gasteiger partial charge in [0.25, 0.3) is 11.5 Å². The first-order chi connectivity index (χ1) is 11.0. The number of nitrogens with one attached hydrogen (secondary N) is 1. The Morgan fingerprint density at radius 2 is 2.13 bits per heavy atom. The number of amides is 1. The fourth-order valence-corrected chi connectivity index (χ4v) is 3.62. The van der Waals surface area contributed by atoms with Gasteiger partial charge in [-0.05, 0) is 38.3 Å². The summed E-state index contributed by atoms with van der Waals surface area (Å²) in [7, 11) is 0. The van der Waals surface area contributed by atoms with E-state index in [9.17, 15) is 9.59 Å². The molecule has 5 nitrogen and oxygen atoms in total. The lowest BCUT2D eigenvalue weighted by atomic mass is 10.2. The quantitative estimate of drug-likeness (QED) is 0.740. The molecular weight excluding hydrogens is 330 g/mol. The van der Waals surface area contributed by atoms with Crippen molar-refractivity contribution in [3.63, 3.8) is 0 Å². The van der Waals surface area contributed by atoms with Gasteiger partial charge in [0.1, 0.15) is 5.56 Å². The first-order valence-corrected chi connectivity index (χ1v) is 8.98. The second-order valence-corrected chi connectivity index (χ2v) is 7.09. The van der Waals surface area contributed by atoms with E-state index in [1.807, 2.05) is 38.3 Å². The van der Waals surface area contributed by atoms with Gasteiger partial charge in [0, 0.05) is 27.4 Å². The number of anilines is 1. The summed E-state index contributed by atoms with van der Waals surface area (Å²) in [6.45, 7) is 3.79. The lowest BCUT2D eigenvalue weighted by molar-refractivity contribution is 0.102. The number of aryl methyl sites for hydroxylation is 2. The third kappa shape index (κ3) is 2.89. The number of hydrogen-bond donors (Lipinski definition) is 1. The van der Waals surface area contributed by atoms with Crippen molar-refractivity contribution in [1.29, 1.82) is 0 Å². The Labute approximate surface area is 141 Å². The second-order valence-electron chi connectivity index (χ2n) is 5.02. The van der Waals surface area contributed by atoms with Gasteiger partial charge in [0.15, 0.2) is 4.96 Å². The monoisotopic (exact) mass is 345 g/mol. The minimum Gasteiger partial charge on any atom is -0.322 e. The van der Waals surface area contributed by atoms with E-state index in [0.29, 0.717) is 10.6 Å². The lowest BCUT2D eigenvalue weighted by Crippen LogP contribution is -2.26. The summed E-state index contributed by atoms with van der Waals surface area (Å²) in [5.74, 6) is -0.446. The number of carbonyl (C=O) groups is 1. The molecule has 2 heterocycles. The van der Waals surface area contributed by atoms with Crippen LogP contribution in [0.2, 0.25) is 0 Å². The smallest absolute Gasteiger partial charge is 0.271 e. The van der Waals surface area contributed by atoms with Gasteiger partial charge in [-0.15, -0.1) is 23.1 Å². The molecule has 0 bridgehead atoms. The zero-order chi connectivity index (χ0) is 16.6. The Morgan fingerprint density at radius 1 is 1.35 bits per heavy atom. The summed E-state index contributed by atoms with van der Waals surface area (Å²) in [6.07, 6.45) is 3.31. The average molecular weight is 345 g/mol. The van der Waals surface area contributed by atoms with Crippen molar-refractivity contribution in [2.24, 2.45) is 0 Å². The minimum absolute atomic E-state index is 0.0398. The van der Waals surface area contributed by atoms with Crippen LogP contribution in [0.15, 0.2) is 40.2 Å². The number of hydrogen-bond acceptors (Lipinski definition) is 5. The number of rotatable bonds is 3. The molecule has 0 aliphatic heterocycles. The number of aromatic nitrogens is 2. The van der Waals surface area contributed by atoms with E-state index in [1.54, 1.807) is 17.8 Å². The molecule has 0 saturated carbocycles. The Morgan fingerprint density at radius 3 is 2.87 bits per heavy atom. The van der Waals surface area contributed by atoms with Crippen molar-refractivity contribution in [3.05, 3.63) is 57.0 Å². The first kappa shape index (κ1) is 15.8. The summed E-state index contributed by atoms with van der Waals surface area (Å²) in [5.41, 5.74) is 1.18. The molecule has 0 aliphatic carbocycles. The Kier molecular flexibility index (Phi) is 4.23. The van der Waals surface area contributed by atoms with Crippen molar-refractivity contribution < 1.29 is 4.79 Å². The van der Waals surface area contributed by atoms with E-state index in [4.69, 9.17) is 0 Å². The highest BCUT2D eigenvalue weighted by Gasteiger charge is 2.16. The van der Waals surface area contributed by atoms with Gasteiger partial charge in [-0.1, -0.05) is 6.07 Å². The van der Waals surface area contributed by atoms with Crippen LogP contribution in [0.25, 0.3) is 4.96 Å². The number of carbonyl (C=O) groups excluding carboxylic acids is 1. The number of nitrogens with zero attached hydrogens (tertiary/aromatic N) is 2. The fraction of sp³-hybridized carbons (Fsp3) is 0.188. The first-order valence-electron chi connectivity index (χ1n) is 6.94. The van der Waals surface area contributed by atoms with Crippen LogP contribution in [0.3, 0.4) is 0 Å². The topological polar surface area (TPSA) is 63.5 Å². The van der Waals surface area contributed by atoms with Crippen LogP contribution in [0, 0.1) is 13.8 Å². The van der Waals surface area contributed by atoms with Crippen LogP contribution < -0.4 is 10.9 Å². The Hall–Kier alpha value is -2.12. The van der Waals surface area contributed by atoms with Crippen LogP contribution in [-0.2, 0) is 0 Å². The largest absolute Gasteiger partial charge is 0.322 e. The van der Waals surface area contributed by atoms with Crippen molar-refractivity contribution in [3.8, 4) is 0 Å². The van der Waals surface area contributed by atoms with Gasteiger partial charge >= 0.3 is 0 Å². The van der Waals surface area contributed by atoms with Crippen LogP contribution in [0.1, 0.15) is 20.9 Å². The number of thioether (sulfide) groups is 1. The fourth-order valence-electron chi connectivity index (χ4n) is 2.23. The molecule has 0 fully saturated rings. The minimum atomic E-state index is -0.446. The summed E-state index contributed by atoms with van der Waals surface area (Å²) in [4.78, 5) is 31.9. The second kappa shape index (κ2) is 6.17. The van der Waals surface area contributed by atoms with Crippen LogP contribution in [0.5, 0.6) is 0 Å². The third-order valence-corrected chi connectivity index (χ3v) is 5.39. The maximum atomic E-state index is 12.6. The summed E-state index contributed by atoms with van der Waals surface area (Å²) < 4.78 is 1.49. The Balaban J connectivity index is 1.99. The molecular formula is C16H15N3O2S2. The standard InChI is InChI=1S/C16H15N3O2S2/c1-9-10(2)23-16-17-8-13(15(21)19(9)16)14(20)18-11-5-4-6-12(7-11)22-3/h4-8H,1-3H3,(H,18,20). The maximum absolute atomic E-state index is 12.6. The van der Waals surface area contributed by atoms with E-state index >= 15 is 0 Å². The highest BCUT2D eigenvalue weighted by atomic mass is 32.2. The Bertz CT molecular complexity index is 960. The number of thiazole rings is 1. The van der Waals surface area contributed by atoms with E-state index in [2.05, 4.69) is 10.3 Å². The van der Waals surface area contributed by atoms with Crippen molar-refractivity contribution in [1.82, 2.24) is 9.38 Å². The molecule has 0 unspecified atom stereocenters. The molecule has 0 radical (unpaired) electrons. The van der Waals surface area contributed by atoms with Crippen LogP contribution in [-0.4, -0.2) is 21.5 Å². The molecule has 3 aromatic rings. The van der Waals surface area contributed by atoms with Crippen molar-refractivity contribution in [2.75, 3.05) is 11.6 Å². The van der Waals surface area contributed by atoms with Crippen molar-refractivity contribution in [2.45, 2.75) is 18.7 Å². The van der Waals surface area contributed by atoms with Crippen molar-refractivity contribution >= 4 is 39.7 Å². The molecule has 118 valence electrons. The number of fused-ring (bicyclic) bond motifs is 1. The van der Waals surface area contributed by atoms with Gasteiger partial charge in [-0.25, -0.2) is 4.98 Å². The average Bonchev–Trinajstić information content (AvgIpc) is 2.83. The van der Waals surface area contributed by atoms with Gasteiger partial charge in [-0.3, -0.25) is 14.0 Å². The molecule has 1 aromatic carbocycles. The van der Waals surface area contributed by atoms with Gasteiger partial charge in [0.2, 0.25) is 0 Å². The SMILES string of the molecule is CSc1cccc(NC(=O)c2cnc3sc(C)c(C)n3c2=O)c1. The highest BCUT2D eigenvalue weighted by molar-refractivity contribution is 7.98. The summed E-state index contributed by atoms with van der Waals surface area (Å²) >= 11 is 3.03. The molecule has 2 aromatic heterocycles. The highest BCUT2D eigenvalue weighted by Crippen LogP contribution is 2.20. The molecule has 23 heavy (non-hydrogen) atoms. The predicted octanol–water partition coefficient (Wildman–Crippen LogP) is 3.35. The molecule has 1 N–H and O–H groups in total. The van der Waals surface area contributed by atoms with Gasteiger partial charge in [0.05, 0.1) is 0 Å². The molecule has 1 amide bonds. The van der Waals surface area contributed by atoms with E-state index in [-0.39, 0.29) is 11.1 Å². The maximum Gasteiger partial charge on any atom is 0.271 e. The van der Waals surface area contributed by atoms with E-state index < -0.39 is 5.91 Å². The zero-order valence-corrected chi connectivity index (χ0v) is 14.5.